The Balaban J connectivity index is 3.01. The molecule has 1 aliphatic rings. The summed E-state index contributed by atoms with van der Waals surface area (Å²) in [5, 5.41) is 0.0597. The van der Waals surface area contributed by atoms with Crippen molar-refractivity contribution >= 4 is 29.3 Å². The predicted octanol–water partition coefficient (Wildman–Crippen LogP) is 4.24. The lowest BCUT2D eigenvalue weighted by Gasteiger charge is -2.39. The Morgan fingerprint density at radius 2 is 1.74 bits per heavy atom. The van der Waals surface area contributed by atoms with Gasteiger partial charge in [-0.15, -0.1) is 0 Å². The summed E-state index contributed by atoms with van der Waals surface area (Å²) in [6, 6.07) is -0.579. The Kier molecular flexibility index (Phi) is 8.06. The van der Waals surface area contributed by atoms with Crippen molar-refractivity contribution in [3.63, 3.8) is 0 Å². The zero-order valence-corrected chi connectivity index (χ0v) is 20.6. The lowest BCUT2D eigenvalue weighted by atomic mass is 9.94. The predicted molar refractivity (Wildman–Crippen MR) is 115 cm³/mol. The number of ether oxygens (including phenoxy) is 2. The first-order chi connectivity index (χ1) is 12.0. The number of esters is 1. The highest BCUT2D eigenvalue weighted by Gasteiger charge is 2.47. The molecule has 1 fully saturated rings. The molecule has 0 aliphatic carbocycles. The second-order valence-electron chi connectivity index (χ2n) is 10.0. The third-order valence-electron chi connectivity index (χ3n) is 5.96. The van der Waals surface area contributed by atoms with Crippen LogP contribution in [0.4, 0.5) is 0 Å². The maximum atomic E-state index is 12.7. The molecule has 156 valence electrons. The number of carbonyl (C=O) groups excluding carboxylic acids is 1. The minimum absolute atomic E-state index is 0.0597. The van der Waals surface area contributed by atoms with E-state index in [0.717, 1.165) is 0 Å². The minimum Gasteiger partial charge on any atom is -0.459 e. The standard InChI is InChI=1S/C19H38BO5PSi/c1-12(2)18(21)24-16(13(3)26(7,8)22)14-11-15(17(20)23-14)25-27(9,10)19(4,5)6/h12-17H,11H2,1-10H3/t13?,14-,15?,16?,17+/m0/s1. The van der Waals surface area contributed by atoms with E-state index in [0.29, 0.717) is 6.42 Å². The van der Waals surface area contributed by atoms with Gasteiger partial charge in [-0.1, -0.05) is 41.5 Å². The van der Waals surface area contributed by atoms with E-state index >= 15 is 0 Å². The summed E-state index contributed by atoms with van der Waals surface area (Å²) in [7, 11) is 1.72. The highest BCUT2D eigenvalue weighted by atomic mass is 31.2. The molecule has 0 amide bonds. The summed E-state index contributed by atoms with van der Waals surface area (Å²) in [5.41, 5.74) is -0.316. The van der Waals surface area contributed by atoms with E-state index in [-0.39, 0.29) is 28.7 Å². The Bertz CT molecular complexity index is 569. The van der Waals surface area contributed by atoms with Crippen LogP contribution in [0.1, 0.15) is 48.0 Å². The van der Waals surface area contributed by atoms with Crippen molar-refractivity contribution in [2.24, 2.45) is 5.92 Å². The van der Waals surface area contributed by atoms with Gasteiger partial charge in [-0.05, 0) is 31.5 Å². The molecule has 3 unspecified atom stereocenters. The molecule has 0 aromatic heterocycles. The fourth-order valence-electron chi connectivity index (χ4n) is 2.70. The van der Waals surface area contributed by atoms with Gasteiger partial charge >= 0.3 is 5.97 Å². The summed E-state index contributed by atoms with van der Waals surface area (Å²) in [5.74, 6) is -0.576. The fraction of sp³-hybridized carbons (Fsp3) is 0.947. The van der Waals surface area contributed by atoms with Crippen LogP contribution in [0, 0.1) is 5.92 Å². The van der Waals surface area contributed by atoms with Crippen molar-refractivity contribution in [3.05, 3.63) is 0 Å². The van der Waals surface area contributed by atoms with Gasteiger partial charge in [-0.3, -0.25) is 4.79 Å². The normalized spacial score (nSPS) is 26.9. The molecule has 1 saturated heterocycles. The molecule has 0 spiro atoms. The van der Waals surface area contributed by atoms with Crippen molar-refractivity contribution in [2.45, 2.75) is 96.1 Å². The van der Waals surface area contributed by atoms with Crippen LogP contribution in [0.5, 0.6) is 0 Å². The van der Waals surface area contributed by atoms with Crippen LogP contribution in [0.25, 0.3) is 0 Å². The summed E-state index contributed by atoms with van der Waals surface area (Å²) >= 11 is 0. The molecule has 8 heteroatoms. The van der Waals surface area contributed by atoms with Gasteiger partial charge in [0.2, 0.25) is 0 Å². The van der Waals surface area contributed by atoms with Gasteiger partial charge in [-0.2, -0.15) is 0 Å². The third-order valence-corrected chi connectivity index (χ3v) is 12.7. The van der Waals surface area contributed by atoms with Crippen LogP contribution in [-0.2, 0) is 23.3 Å². The van der Waals surface area contributed by atoms with Crippen LogP contribution in [0.2, 0.25) is 18.1 Å². The van der Waals surface area contributed by atoms with Crippen LogP contribution < -0.4 is 0 Å². The molecule has 0 saturated carbocycles. The Hall–Kier alpha value is -0.0982. The topological polar surface area (TPSA) is 61.8 Å². The summed E-state index contributed by atoms with van der Waals surface area (Å²) < 4.78 is 30.8. The Labute approximate surface area is 168 Å². The molecule has 1 aliphatic heterocycles. The third kappa shape index (κ3) is 6.45. The number of carbonyl (C=O) groups is 1. The molecule has 1 rings (SSSR count). The average molecular weight is 416 g/mol. The van der Waals surface area contributed by atoms with Crippen molar-refractivity contribution in [1.82, 2.24) is 0 Å². The molecule has 5 nitrogen and oxygen atoms in total. The number of hydrogen-bond acceptors (Lipinski definition) is 5. The second-order valence-corrected chi connectivity index (χ2v) is 18.5. The van der Waals surface area contributed by atoms with Crippen molar-refractivity contribution in [2.75, 3.05) is 13.3 Å². The molecule has 5 atom stereocenters. The van der Waals surface area contributed by atoms with Gasteiger partial charge in [0.25, 0.3) is 0 Å². The molecule has 0 N–H and O–H groups in total. The number of hydrogen-bond donors (Lipinski definition) is 0. The highest BCUT2D eigenvalue weighted by Crippen LogP contribution is 2.47. The van der Waals surface area contributed by atoms with Gasteiger partial charge in [0.1, 0.15) is 14.0 Å². The van der Waals surface area contributed by atoms with E-state index in [4.69, 9.17) is 21.7 Å². The van der Waals surface area contributed by atoms with Crippen LogP contribution in [0.3, 0.4) is 0 Å². The van der Waals surface area contributed by atoms with E-state index in [2.05, 4.69) is 33.9 Å². The quantitative estimate of drug-likeness (QED) is 0.353. The zero-order chi connectivity index (χ0) is 21.4. The Morgan fingerprint density at radius 1 is 1.22 bits per heavy atom. The molecule has 27 heavy (non-hydrogen) atoms. The van der Waals surface area contributed by atoms with Crippen molar-refractivity contribution in [3.8, 4) is 0 Å². The molecule has 2 radical (unpaired) electrons. The van der Waals surface area contributed by atoms with E-state index in [1.165, 1.54) is 0 Å². The average Bonchev–Trinajstić information content (AvgIpc) is 2.81. The summed E-state index contributed by atoms with van der Waals surface area (Å²) in [6.07, 6.45) is -0.731. The fourth-order valence-corrected chi connectivity index (χ4v) is 5.00. The molecule has 0 bridgehead atoms. The summed E-state index contributed by atoms with van der Waals surface area (Å²) in [6.45, 7) is 19.7. The smallest absolute Gasteiger partial charge is 0.308 e. The highest BCUT2D eigenvalue weighted by molar-refractivity contribution is 7.63. The van der Waals surface area contributed by atoms with Gasteiger partial charge in [-0.25, -0.2) is 0 Å². The van der Waals surface area contributed by atoms with E-state index in [1.54, 1.807) is 27.2 Å². The second kappa shape index (κ2) is 8.73. The largest absolute Gasteiger partial charge is 0.459 e. The van der Waals surface area contributed by atoms with Gasteiger partial charge < -0.3 is 18.5 Å². The van der Waals surface area contributed by atoms with Crippen LogP contribution in [-0.4, -0.2) is 65.4 Å². The SMILES string of the molecule is [B][C@@H]1O[C@H](C(OC(=O)C(C)C)C(C)P(C)(C)=O)CC1O[Si](C)(C)C(C)(C)C. The molecular weight excluding hydrogens is 378 g/mol. The van der Waals surface area contributed by atoms with Crippen molar-refractivity contribution < 1.29 is 23.3 Å². The van der Waals surface area contributed by atoms with E-state index in [1.807, 2.05) is 6.92 Å². The van der Waals surface area contributed by atoms with Gasteiger partial charge in [0.05, 0.1) is 25.3 Å². The lowest BCUT2D eigenvalue weighted by molar-refractivity contribution is -0.159. The van der Waals surface area contributed by atoms with Gasteiger partial charge in [0, 0.05) is 18.1 Å². The first kappa shape index (κ1) is 24.9. The van der Waals surface area contributed by atoms with Gasteiger partial charge in [0.15, 0.2) is 8.32 Å². The maximum absolute atomic E-state index is 12.7. The lowest BCUT2D eigenvalue weighted by Crippen LogP contribution is -2.46. The van der Waals surface area contributed by atoms with E-state index in [9.17, 15) is 9.36 Å². The van der Waals surface area contributed by atoms with Crippen LogP contribution >= 0.6 is 7.14 Å². The van der Waals surface area contributed by atoms with Crippen molar-refractivity contribution in [1.29, 1.82) is 0 Å². The first-order valence-electron chi connectivity index (χ1n) is 9.81. The van der Waals surface area contributed by atoms with Crippen LogP contribution in [0.15, 0.2) is 0 Å². The first-order valence-corrected chi connectivity index (χ1v) is 15.4. The minimum atomic E-state index is -2.49. The Morgan fingerprint density at radius 3 is 2.15 bits per heavy atom. The molecule has 0 aromatic carbocycles. The molecule has 1 heterocycles. The molecular formula is C19H38BO5PSi. The number of rotatable bonds is 7. The summed E-state index contributed by atoms with van der Waals surface area (Å²) in [4.78, 5) is 12.2. The maximum Gasteiger partial charge on any atom is 0.308 e. The monoisotopic (exact) mass is 416 g/mol. The molecule has 0 aromatic rings. The van der Waals surface area contributed by atoms with E-state index < -0.39 is 33.7 Å². The zero-order valence-electron chi connectivity index (χ0n) is 18.7.